The molecule has 0 radical (unpaired) electrons. The van der Waals surface area contributed by atoms with Crippen LogP contribution in [-0.2, 0) is 10.0 Å². The summed E-state index contributed by atoms with van der Waals surface area (Å²) in [4.78, 5) is 0.388. The number of piperidine rings is 1. The number of sulfonamides is 1. The lowest BCUT2D eigenvalue weighted by Crippen LogP contribution is -2.45. The fraction of sp³-hybridized carbons (Fsp3) is 0.538. The highest BCUT2D eigenvalue weighted by molar-refractivity contribution is 7.89. The number of hydrogen-bond acceptors (Lipinski definition) is 3. The van der Waals surface area contributed by atoms with Crippen molar-refractivity contribution >= 4 is 22.4 Å². The van der Waals surface area contributed by atoms with Crippen molar-refractivity contribution in [3.8, 4) is 0 Å². The Morgan fingerprint density at radius 1 is 1.32 bits per heavy atom. The van der Waals surface area contributed by atoms with Gasteiger partial charge in [-0.2, -0.15) is 0 Å². The van der Waals surface area contributed by atoms with E-state index in [0.717, 1.165) is 30.5 Å². The van der Waals surface area contributed by atoms with Crippen LogP contribution in [-0.4, -0.2) is 27.5 Å². The maximum absolute atomic E-state index is 12.3. The molecule has 0 aliphatic carbocycles. The smallest absolute Gasteiger partial charge is 0.241 e. The Labute approximate surface area is 121 Å². The monoisotopic (exact) mass is 304 g/mol. The van der Waals surface area contributed by atoms with Gasteiger partial charge in [0, 0.05) is 12.6 Å². The van der Waals surface area contributed by atoms with Crippen molar-refractivity contribution in [2.75, 3.05) is 13.1 Å². The van der Waals surface area contributed by atoms with Crippen LogP contribution in [0.1, 0.15) is 24.0 Å². The summed E-state index contributed by atoms with van der Waals surface area (Å²) in [6, 6.07) is 5.42. The molecule has 2 rings (SSSR count). The molecule has 0 bridgehead atoms. The lowest BCUT2D eigenvalue weighted by molar-refractivity contribution is 0.428. The Morgan fingerprint density at radius 3 is 2.63 bits per heavy atom. The topological polar surface area (TPSA) is 58.2 Å². The normalized spacial score (nSPS) is 19.8. The first kappa shape index (κ1) is 16.4. The molecule has 1 aromatic rings. The van der Waals surface area contributed by atoms with Crippen LogP contribution >= 0.6 is 12.4 Å². The first-order chi connectivity index (χ1) is 8.49. The minimum atomic E-state index is -3.40. The van der Waals surface area contributed by atoms with Crippen molar-refractivity contribution in [2.45, 2.75) is 37.6 Å². The number of benzene rings is 1. The molecule has 1 unspecified atom stereocenters. The van der Waals surface area contributed by atoms with E-state index in [2.05, 4.69) is 10.0 Å². The van der Waals surface area contributed by atoms with Crippen molar-refractivity contribution < 1.29 is 8.42 Å². The van der Waals surface area contributed by atoms with Crippen LogP contribution in [0.4, 0.5) is 0 Å². The van der Waals surface area contributed by atoms with Crippen molar-refractivity contribution in [3.63, 3.8) is 0 Å². The van der Waals surface area contributed by atoms with Gasteiger partial charge in [-0.05, 0) is 44.9 Å². The van der Waals surface area contributed by atoms with Crippen molar-refractivity contribution in [2.24, 2.45) is 0 Å². The van der Waals surface area contributed by atoms with Crippen molar-refractivity contribution in [3.05, 3.63) is 29.3 Å². The molecule has 6 heteroatoms. The molecule has 1 fully saturated rings. The second-order valence-corrected chi connectivity index (χ2v) is 6.62. The predicted molar refractivity (Wildman–Crippen MR) is 79.4 cm³/mol. The molecular formula is C13H21ClN2O2S. The Balaban J connectivity index is 0.00000180. The second kappa shape index (κ2) is 6.70. The van der Waals surface area contributed by atoms with E-state index in [1.807, 2.05) is 26.0 Å². The van der Waals surface area contributed by atoms with Crippen LogP contribution < -0.4 is 10.0 Å². The van der Waals surface area contributed by atoms with Gasteiger partial charge in [0.15, 0.2) is 0 Å². The average molecular weight is 305 g/mol. The Hall–Kier alpha value is -0.620. The summed E-state index contributed by atoms with van der Waals surface area (Å²) in [5.74, 6) is 0. The third kappa shape index (κ3) is 4.18. The summed E-state index contributed by atoms with van der Waals surface area (Å²) in [7, 11) is -3.40. The van der Waals surface area contributed by atoms with Crippen LogP contribution in [0.25, 0.3) is 0 Å². The van der Waals surface area contributed by atoms with Gasteiger partial charge in [-0.3, -0.25) is 0 Å². The minimum Gasteiger partial charge on any atom is -0.315 e. The molecule has 0 amide bonds. The van der Waals surface area contributed by atoms with Crippen molar-refractivity contribution in [1.29, 1.82) is 0 Å². The molecule has 1 aromatic carbocycles. The summed E-state index contributed by atoms with van der Waals surface area (Å²) in [6.45, 7) is 5.48. The SMILES string of the molecule is Cc1ccc(S(=O)(=O)NC2CCCNC2)c(C)c1.Cl. The second-order valence-electron chi connectivity index (χ2n) is 4.93. The number of rotatable bonds is 3. The zero-order chi connectivity index (χ0) is 13.2. The van der Waals surface area contributed by atoms with Gasteiger partial charge in [0.1, 0.15) is 0 Å². The average Bonchev–Trinajstić information content (AvgIpc) is 2.29. The number of halogens is 1. The van der Waals surface area contributed by atoms with Gasteiger partial charge in [0.2, 0.25) is 10.0 Å². The molecule has 108 valence electrons. The Kier molecular flexibility index (Phi) is 5.80. The number of hydrogen-bond donors (Lipinski definition) is 2. The highest BCUT2D eigenvalue weighted by Crippen LogP contribution is 2.17. The van der Waals surface area contributed by atoms with E-state index in [-0.39, 0.29) is 18.4 Å². The molecule has 1 atom stereocenters. The lowest BCUT2D eigenvalue weighted by Gasteiger charge is -2.24. The highest BCUT2D eigenvalue weighted by Gasteiger charge is 2.22. The summed E-state index contributed by atoms with van der Waals surface area (Å²) in [5.41, 5.74) is 1.87. The van der Waals surface area contributed by atoms with Gasteiger partial charge in [-0.1, -0.05) is 17.7 Å². The van der Waals surface area contributed by atoms with Crippen LogP contribution in [0.15, 0.2) is 23.1 Å². The van der Waals surface area contributed by atoms with Crippen LogP contribution in [0, 0.1) is 13.8 Å². The third-order valence-corrected chi connectivity index (χ3v) is 4.92. The molecule has 0 aromatic heterocycles. The summed E-state index contributed by atoms with van der Waals surface area (Å²) >= 11 is 0. The minimum absolute atomic E-state index is 0. The molecule has 1 aliphatic heterocycles. The summed E-state index contributed by atoms with van der Waals surface area (Å²) in [5, 5.41) is 3.21. The molecule has 1 saturated heterocycles. The van der Waals surface area contributed by atoms with Crippen LogP contribution in [0.3, 0.4) is 0 Å². The van der Waals surface area contributed by atoms with Crippen LogP contribution in [0.2, 0.25) is 0 Å². The van der Waals surface area contributed by atoms with E-state index in [9.17, 15) is 8.42 Å². The molecule has 4 nitrogen and oxygen atoms in total. The summed E-state index contributed by atoms with van der Waals surface area (Å²) in [6.07, 6.45) is 1.91. The first-order valence-electron chi connectivity index (χ1n) is 6.29. The molecule has 0 spiro atoms. The number of aryl methyl sites for hydroxylation is 2. The van der Waals surface area contributed by atoms with Gasteiger partial charge < -0.3 is 5.32 Å². The van der Waals surface area contributed by atoms with E-state index in [1.165, 1.54) is 0 Å². The molecule has 19 heavy (non-hydrogen) atoms. The van der Waals surface area contributed by atoms with Crippen LogP contribution in [0.5, 0.6) is 0 Å². The Bertz CT molecular complexity index is 525. The van der Waals surface area contributed by atoms with E-state index < -0.39 is 10.0 Å². The zero-order valence-electron chi connectivity index (χ0n) is 11.3. The maximum atomic E-state index is 12.3. The molecular weight excluding hydrogens is 284 g/mol. The highest BCUT2D eigenvalue weighted by atomic mass is 35.5. The quantitative estimate of drug-likeness (QED) is 0.894. The predicted octanol–water partition coefficient (Wildman–Crippen LogP) is 1.76. The third-order valence-electron chi connectivity index (χ3n) is 3.24. The maximum Gasteiger partial charge on any atom is 0.241 e. The van der Waals surface area contributed by atoms with Crippen molar-refractivity contribution in [1.82, 2.24) is 10.0 Å². The largest absolute Gasteiger partial charge is 0.315 e. The van der Waals surface area contributed by atoms with E-state index in [0.29, 0.717) is 11.4 Å². The fourth-order valence-electron chi connectivity index (χ4n) is 2.34. The molecule has 1 aliphatic rings. The lowest BCUT2D eigenvalue weighted by atomic mass is 10.1. The van der Waals surface area contributed by atoms with Gasteiger partial charge in [0.25, 0.3) is 0 Å². The summed E-state index contributed by atoms with van der Waals surface area (Å²) < 4.78 is 27.4. The Morgan fingerprint density at radius 2 is 2.05 bits per heavy atom. The zero-order valence-corrected chi connectivity index (χ0v) is 12.9. The van der Waals surface area contributed by atoms with Gasteiger partial charge in [-0.25, -0.2) is 13.1 Å². The molecule has 0 saturated carbocycles. The molecule has 1 heterocycles. The van der Waals surface area contributed by atoms with Gasteiger partial charge >= 0.3 is 0 Å². The van der Waals surface area contributed by atoms with Gasteiger partial charge in [0.05, 0.1) is 4.90 Å². The van der Waals surface area contributed by atoms with E-state index in [4.69, 9.17) is 0 Å². The van der Waals surface area contributed by atoms with Gasteiger partial charge in [-0.15, -0.1) is 12.4 Å². The van der Waals surface area contributed by atoms with E-state index >= 15 is 0 Å². The first-order valence-corrected chi connectivity index (χ1v) is 7.78. The van der Waals surface area contributed by atoms with E-state index in [1.54, 1.807) is 6.07 Å². The fourth-order valence-corrected chi connectivity index (χ4v) is 3.83. The molecule has 2 N–H and O–H groups in total. The standard InChI is InChI=1S/C13H20N2O2S.ClH/c1-10-5-6-13(11(2)8-10)18(16,17)15-12-4-3-7-14-9-12;/h5-6,8,12,14-15H,3-4,7,9H2,1-2H3;1H. The number of nitrogens with one attached hydrogen (secondary N) is 2.